The van der Waals surface area contributed by atoms with Crippen LogP contribution in [0.1, 0.15) is 41.5 Å². The van der Waals surface area contributed by atoms with Gasteiger partial charge < -0.3 is 16.0 Å². The van der Waals surface area contributed by atoms with Crippen molar-refractivity contribution in [3.63, 3.8) is 0 Å². The van der Waals surface area contributed by atoms with Crippen molar-refractivity contribution in [1.29, 1.82) is 0 Å². The molecule has 0 bridgehead atoms. The van der Waals surface area contributed by atoms with Crippen molar-refractivity contribution in [3.8, 4) is 0 Å². The van der Waals surface area contributed by atoms with Crippen LogP contribution >= 0.6 is 0 Å². The Morgan fingerprint density at radius 3 is 2.27 bits per heavy atom. The summed E-state index contributed by atoms with van der Waals surface area (Å²) in [5.41, 5.74) is 7.04. The molecule has 2 amide bonds. The molecule has 138 valence electrons. The molecule has 2 rings (SSSR count). The van der Waals surface area contributed by atoms with Crippen LogP contribution in [-0.4, -0.2) is 30.9 Å². The van der Waals surface area contributed by atoms with Crippen molar-refractivity contribution in [3.05, 3.63) is 65.7 Å². The predicted octanol–water partition coefficient (Wildman–Crippen LogP) is 3.07. The standard InChI is InChI=1S/C21H27N3O2/c1-15(2)21(3,14-22)23-19(25)16-9-8-10-17(13-16)20(26)24(4)18-11-6-5-7-12-18/h5-13,15H,14,22H2,1-4H3,(H,23,25). The molecule has 0 spiro atoms. The van der Waals surface area contributed by atoms with Gasteiger partial charge in [-0.05, 0) is 43.2 Å². The second-order valence-corrected chi connectivity index (χ2v) is 7.01. The molecular formula is C21H27N3O2. The van der Waals surface area contributed by atoms with E-state index >= 15 is 0 Å². The highest BCUT2D eigenvalue weighted by Crippen LogP contribution is 2.18. The SMILES string of the molecule is CC(C)C(C)(CN)NC(=O)c1cccc(C(=O)N(C)c2ccccc2)c1. The number of anilines is 1. The number of nitrogens with one attached hydrogen (secondary N) is 1. The zero-order valence-electron chi connectivity index (χ0n) is 15.8. The molecule has 0 fully saturated rings. The molecule has 0 heterocycles. The van der Waals surface area contributed by atoms with Gasteiger partial charge in [-0.3, -0.25) is 9.59 Å². The van der Waals surface area contributed by atoms with Gasteiger partial charge in [0.1, 0.15) is 0 Å². The Bertz CT molecular complexity index is 774. The maximum Gasteiger partial charge on any atom is 0.258 e. The minimum absolute atomic E-state index is 0.170. The Hall–Kier alpha value is -2.66. The lowest BCUT2D eigenvalue weighted by Crippen LogP contribution is -2.55. The summed E-state index contributed by atoms with van der Waals surface area (Å²) >= 11 is 0. The van der Waals surface area contributed by atoms with Gasteiger partial charge in [0.15, 0.2) is 0 Å². The van der Waals surface area contributed by atoms with E-state index in [1.54, 1.807) is 36.2 Å². The minimum Gasteiger partial charge on any atom is -0.345 e. The van der Waals surface area contributed by atoms with Gasteiger partial charge in [0.2, 0.25) is 0 Å². The highest BCUT2D eigenvalue weighted by molar-refractivity contribution is 6.07. The quantitative estimate of drug-likeness (QED) is 0.838. The molecule has 0 saturated carbocycles. The van der Waals surface area contributed by atoms with Gasteiger partial charge in [0, 0.05) is 30.4 Å². The molecule has 0 aliphatic rings. The van der Waals surface area contributed by atoms with E-state index in [1.807, 2.05) is 51.1 Å². The number of nitrogens with two attached hydrogens (primary N) is 1. The van der Waals surface area contributed by atoms with Crippen molar-refractivity contribution in [1.82, 2.24) is 5.32 Å². The summed E-state index contributed by atoms with van der Waals surface area (Å²) in [6.07, 6.45) is 0. The van der Waals surface area contributed by atoms with Gasteiger partial charge >= 0.3 is 0 Å². The normalized spacial score (nSPS) is 13.2. The molecule has 1 unspecified atom stereocenters. The number of rotatable bonds is 6. The van der Waals surface area contributed by atoms with Gasteiger partial charge in [0.25, 0.3) is 11.8 Å². The summed E-state index contributed by atoms with van der Waals surface area (Å²) in [6.45, 7) is 6.29. The first-order valence-electron chi connectivity index (χ1n) is 8.74. The zero-order valence-corrected chi connectivity index (χ0v) is 15.8. The van der Waals surface area contributed by atoms with Crippen LogP contribution in [0.5, 0.6) is 0 Å². The molecule has 0 radical (unpaired) electrons. The van der Waals surface area contributed by atoms with E-state index in [0.717, 1.165) is 5.69 Å². The number of nitrogens with zero attached hydrogens (tertiary/aromatic N) is 1. The molecule has 0 aliphatic carbocycles. The van der Waals surface area contributed by atoms with Crippen LogP contribution in [0, 0.1) is 5.92 Å². The molecule has 0 aliphatic heterocycles. The lowest BCUT2D eigenvalue weighted by atomic mass is 9.88. The molecule has 1 atom stereocenters. The van der Waals surface area contributed by atoms with Crippen LogP contribution in [0.15, 0.2) is 54.6 Å². The van der Waals surface area contributed by atoms with Gasteiger partial charge in [-0.2, -0.15) is 0 Å². The van der Waals surface area contributed by atoms with Gasteiger partial charge in [-0.1, -0.05) is 38.1 Å². The van der Waals surface area contributed by atoms with Crippen LogP contribution in [-0.2, 0) is 0 Å². The molecule has 0 aromatic heterocycles. The zero-order chi connectivity index (χ0) is 19.3. The Kier molecular flexibility index (Phi) is 6.16. The fourth-order valence-electron chi connectivity index (χ4n) is 2.52. The van der Waals surface area contributed by atoms with Crippen LogP contribution in [0.3, 0.4) is 0 Å². The lowest BCUT2D eigenvalue weighted by molar-refractivity contribution is 0.0883. The first kappa shape index (κ1) is 19.7. The van der Waals surface area contributed by atoms with E-state index in [-0.39, 0.29) is 17.7 Å². The summed E-state index contributed by atoms with van der Waals surface area (Å²) in [5.74, 6) is -0.217. The number of carbonyl (C=O) groups excluding carboxylic acids is 2. The van der Waals surface area contributed by atoms with Crippen molar-refractivity contribution in [2.24, 2.45) is 11.7 Å². The monoisotopic (exact) mass is 353 g/mol. The topological polar surface area (TPSA) is 75.4 Å². The van der Waals surface area contributed by atoms with Crippen molar-refractivity contribution >= 4 is 17.5 Å². The Morgan fingerprint density at radius 1 is 1.08 bits per heavy atom. The molecule has 5 heteroatoms. The average Bonchev–Trinajstić information content (AvgIpc) is 2.67. The summed E-state index contributed by atoms with van der Waals surface area (Å²) in [6, 6.07) is 16.1. The predicted molar refractivity (Wildman–Crippen MR) is 105 cm³/mol. The number of amides is 2. The Balaban J connectivity index is 2.22. The Morgan fingerprint density at radius 2 is 1.69 bits per heavy atom. The summed E-state index contributed by atoms with van der Waals surface area (Å²) in [4.78, 5) is 27.0. The molecule has 2 aromatic carbocycles. The van der Waals surface area contributed by atoms with Crippen molar-refractivity contribution in [2.45, 2.75) is 26.3 Å². The molecular weight excluding hydrogens is 326 g/mol. The molecule has 2 aromatic rings. The smallest absolute Gasteiger partial charge is 0.258 e. The third-order valence-corrected chi connectivity index (χ3v) is 4.92. The minimum atomic E-state index is -0.502. The summed E-state index contributed by atoms with van der Waals surface area (Å²) in [7, 11) is 1.72. The van der Waals surface area contributed by atoms with E-state index in [9.17, 15) is 9.59 Å². The summed E-state index contributed by atoms with van der Waals surface area (Å²) in [5, 5.41) is 3.00. The van der Waals surface area contributed by atoms with E-state index in [1.165, 1.54) is 0 Å². The van der Waals surface area contributed by atoms with Crippen molar-refractivity contribution in [2.75, 3.05) is 18.5 Å². The highest BCUT2D eigenvalue weighted by atomic mass is 16.2. The van der Waals surface area contributed by atoms with Gasteiger partial charge in [-0.15, -0.1) is 0 Å². The third-order valence-electron chi connectivity index (χ3n) is 4.92. The molecule has 3 N–H and O–H groups in total. The fourth-order valence-corrected chi connectivity index (χ4v) is 2.52. The third kappa shape index (κ3) is 4.29. The van der Waals surface area contributed by atoms with Crippen LogP contribution in [0.4, 0.5) is 5.69 Å². The highest BCUT2D eigenvalue weighted by Gasteiger charge is 2.29. The van der Waals surface area contributed by atoms with E-state index in [2.05, 4.69) is 5.32 Å². The van der Waals surface area contributed by atoms with Crippen LogP contribution in [0.25, 0.3) is 0 Å². The molecule has 26 heavy (non-hydrogen) atoms. The van der Waals surface area contributed by atoms with E-state index < -0.39 is 5.54 Å². The number of carbonyl (C=O) groups is 2. The molecule has 0 saturated heterocycles. The maximum absolute atomic E-state index is 12.7. The largest absolute Gasteiger partial charge is 0.345 e. The second kappa shape index (κ2) is 8.15. The van der Waals surface area contributed by atoms with Gasteiger partial charge in [-0.25, -0.2) is 0 Å². The average molecular weight is 353 g/mol. The van der Waals surface area contributed by atoms with E-state index in [4.69, 9.17) is 5.73 Å². The van der Waals surface area contributed by atoms with Crippen LogP contribution < -0.4 is 16.0 Å². The summed E-state index contributed by atoms with van der Waals surface area (Å²) < 4.78 is 0. The first-order valence-corrected chi connectivity index (χ1v) is 8.74. The van der Waals surface area contributed by atoms with Crippen LogP contribution in [0.2, 0.25) is 0 Å². The van der Waals surface area contributed by atoms with Gasteiger partial charge in [0.05, 0.1) is 5.54 Å². The fraction of sp³-hybridized carbons (Fsp3) is 0.333. The number of hydrogen-bond donors (Lipinski definition) is 2. The number of benzene rings is 2. The first-order chi connectivity index (χ1) is 12.3. The number of para-hydroxylation sites is 1. The van der Waals surface area contributed by atoms with E-state index in [0.29, 0.717) is 17.7 Å². The van der Waals surface area contributed by atoms with Crippen molar-refractivity contribution < 1.29 is 9.59 Å². The Labute approximate surface area is 155 Å². The second-order valence-electron chi connectivity index (χ2n) is 7.01. The maximum atomic E-state index is 12.7. The lowest BCUT2D eigenvalue weighted by Gasteiger charge is -2.33. The molecule has 5 nitrogen and oxygen atoms in total. The number of hydrogen-bond acceptors (Lipinski definition) is 3.